The summed E-state index contributed by atoms with van der Waals surface area (Å²) in [6.45, 7) is 1.88. The van der Waals surface area contributed by atoms with Gasteiger partial charge in [0.05, 0.1) is 23.3 Å². The van der Waals surface area contributed by atoms with E-state index in [-0.39, 0.29) is 11.9 Å². The van der Waals surface area contributed by atoms with Crippen molar-refractivity contribution >= 4 is 11.4 Å². The summed E-state index contributed by atoms with van der Waals surface area (Å²) in [6, 6.07) is 5.43. The first kappa shape index (κ1) is 11.5. The van der Waals surface area contributed by atoms with E-state index in [0.717, 1.165) is 11.3 Å². The number of pyridine rings is 1. The number of hydrogen-bond acceptors (Lipinski definition) is 3. The van der Waals surface area contributed by atoms with Crippen LogP contribution in [0, 0.1) is 0 Å². The molecule has 96 valence electrons. The highest BCUT2D eigenvalue weighted by Gasteiger charge is 2.16. The number of nitrogens with one attached hydrogen (secondary N) is 2. The lowest BCUT2D eigenvalue weighted by atomic mass is 10.2. The normalized spacial score (nSPS) is 12.5. The SMILES string of the molecule is CC(NC(=O)c1cnn2ccccc12)c1ncc[nH]1. The molecular weight excluding hydrogens is 242 g/mol. The van der Waals surface area contributed by atoms with E-state index in [2.05, 4.69) is 20.4 Å². The second kappa shape index (κ2) is 4.56. The summed E-state index contributed by atoms with van der Waals surface area (Å²) < 4.78 is 1.67. The maximum atomic E-state index is 12.2. The van der Waals surface area contributed by atoms with Crippen molar-refractivity contribution in [3.63, 3.8) is 0 Å². The van der Waals surface area contributed by atoms with Crippen LogP contribution in [0.25, 0.3) is 5.52 Å². The molecule has 0 radical (unpaired) electrons. The zero-order chi connectivity index (χ0) is 13.2. The number of aromatic nitrogens is 4. The Morgan fingerprint density at radius 2 is 2.37 bits per heavy atom. The summed E-state index contributed by atoms with van der Waals surface area (Å²) in [4.78, 5) is 19.3. The number of H-pyrrole nitrogens is 1. The summed E-state index contributed by atoms with van der Waals surface area (Å²) in [6.07, 6.45) is 6.77. The van der Waals surface area contributed by atoms with Crippen molar-refractivity contribution in [1.82, 2.24) is 24.9 Å². The Kier molecular flexibility index (Phi) is 2.75. The molecule has 0 aliphatic rings. The molecule has 0 spiro atoms. The van der Waals surface area contributed by atoms with Crippen molar-refractivity contribution in [3.05, 3.63) is 54.4 Å². The van der Waals surface area contributed by atoms with Crippen molar-refractivity contribution in [2.45, 2.75) is 13.0 Å². The van der Waals surface area contributed by atoms with Gasteiger partial charge in [-0.05, 0) is 19.1 Å². The summed E-state index contributed by atoms with van der Waals surface area (Å²) in [5, 5.41) is 7.03. The second-order valence-corrected chi connectivity index (χ2v) is 4.26. The zero-order valence-electron chi connectivity index (χ0n) is 10.4. The Morgan fingerprint density at radius 1 is 1.47 bits per heavy atom. The third kappa shape index (κ3) is 2.08. The highest BCUT2D eigenvalue weighted by molar-refractivity contribution is 6.00. The topological polar surface area (TPSA) is 75.1 Å². The molecule has 3 aromatic rings. The molecule has 0 aliphatic heterocycles. The number of carbonyl (C=O) groups excluding carboxylic acids is 1. The van der Waals surface area contributed by atoms with Gasteiger partial charge in [0, 0.05) is 18.6 Å². The van der Waals surface area contributed by atoms with E-state index in [1.54, 1.807) is 23.1 Å². The van der Waals surface area contributed by atoms with Crippen molar-refractivity contribution in [1.29, 1.82) is 0 Å². The predicted octanol–water partition coefficient (Wildman–Crippen LogP) is 1.55. The molecule has 0 bridgehead atoms. The van der Waals surface area contributed by atoms with E-state index in [1.165, 1.54) is 0 Å². The van der Waals surface area contributed by atoms with Crippen molar-refractivity contribution < 1.29 is 4.79 Å². The Bertz CT molecular complexity index is 701. The van der Waals surface area contributed by atoms with Crippen LogP contribution >= 0.6 is 0 Å². The molecule has 1 amide bonds. The number of imidazole rings is 1. The fraction of sp³-hybridized carbons (Fsp3) is 0.154. The van der Waals surface area contributed by atoms with Crippen LogP contribution < -0.4 is 5.32 Å². The van der Waals surface area contributed by atoms with Crippen LogP contribution in [0.5, 0.6) is 0 Å². The molecule has 0 aromatic carbocycles. The molecule has 1 atom stereocenters. The average molecular weight is 255 g/mol. The first-order valence-corrected chi connectivity index (χ1v) is 5.98. The molecule has 3 aromatic heterocycles. The summed E-state index contributed by atoms with van der Waals surface area (Å²) in [5.41, 5.74) is 1.34. The molecule has 0 saturated heterocycles. The zero-order valence-corrected chi connectivity index (χ0v) is 10.4. The van der Waals surface area contributed by atoms with Gasteiger partial charge in [-0.3, -0.25) is 4.79 Å². The number of fused-ring (bicyclic) bond motifs is 1. The smallest absolute Gasteiger partial charge is 0.255 e. The number of carbonyl (C=O) groups is 1. The van der Waals surface area contributed by atoms with Crippen molar-refractivity contribution in [2.75, 3.05) is 0 Å². The lowest BCUT2D eigenvalue weighted by Gasteiger charge is -2.10. The van der Waals surface area contributed by atoms with E-state index in [0.29, 0.717) is 5.56 Å². The quantitative estimate of drug-likeness (QED) is 0.745. The molecule has 19 heavy (non-hydrogen) atoms. The molecule has 0 aliphatic carbocycles. The highest BCUT2D eigenvalue weighted by Crippen LogP contribution is 2.12. The number of amides is 1. The van der Waals surface area contributed by atoms with Crippen LogP contribution in [0.1, 0.15) is 29.1 Å². The molecule has 6 nitrogen and oxygen atoms in total. The van der Waals surface area contributed by atoms with Crippen molar-refractivity contribution in [2.24, 2.45) is 0 Å². The minimum atomic E-state index is -0.179. The molecule has 1 unspecified atom stereocenters. The lowest BCUT2D eigenvalue weighted by molar-refractivity contribution is 0.0940. The molecule has 3 rings (SSSR count). The molecule has 0 fully saturated rings. The van der Waals surface area contributed by atoms with Crippen molar-refractivity contribution in [3.8, 4) is 0 Å². The Labute approximate surface area is 109 Å². The van der Waals surface area contributed by atoms with Crippen LogP contribution in [0.2, 0.25) is 0 Å². The Hall–Kier alpha value is -2.63. The van der Waals surface area contributed by atoms with Crippen LogP contribution in [-0.4, -0.2) is 25.5 Å². The average Bonchev–Trinajstić information content (AvgIpc) is 3.08. The van der Waals surface area contributed by atoms with Gasteiger partial charge >= 0.3 is 0 Å². The van der Waals surface area contributed by atoms with Gasteiger partial charge in [0.2, 0.25) is 0 Å². The largest absolute Gasteiger partial charge is 0.347 e. The van der Waals surface area contributed by atoms with Gasteiger partial charge in [-0.2, -0.15) is 5.10 Å². The van der Waals surface area contributed by atoms with Gasteiger partial charge < -0.3 is 10.3 Å². The third-order valence-electron chi connectivity index (χ3n) is 2.95. The maximum absolute atomic E-state index is 12.2. The first-order valence-electron chi connectivity index (χ1n) is 5.98. The van der Waals surface area contributed by atoms with Gasteiger partial charge in [0.1, 0.15) is 5.82 Å². The number of aromatic amines is 1. The molecular formula is C13H13N5O. The molecule has 6 heteroatoms. The summed E-state index contributed by atoms with van der Waals surface area (Å²) in [7, 11) is 0. The van der Waals surface area contributed by atoms with Crippen LogP contribution in [0.15, 0.2) is 43.0 Å². The highest BCUT2D eigenvalue weighted by atomic mass is 16.1. The van der Waals surface area contributed by atoms with E-state index in [1.807, 2.05) is 31.3 Å². The predicted molar refractivity (Wildman–Crippen MR) is 69.7 cm³/mol. The summed E-state index contributed by atoms with van der Waals surface area (Å²) >= 11 is 0. The molecule has 2 N–H and O–H groups in total. The van der Waals surface area contributed by atoms with E-state index in [9.17, 15) is 4.79 Å². The second-order valence-electron chi connectivity index (χ2n) is 4.26. The number of rotatable bonds is 3. The molecule has 0 saturated carbocycles. The minimum absolute atomic E-state index is 0.162. The maximum Gasteiger partial charge on any atom is 0.255 e. The van der Waals surface area contributed by atoms with Crippen LogP contribution in [0.4, 0.5) is 0 Å². The number of hydrogen-bond donors (Lipinski definition) is 2. The Morgan fingerprint density at radius 3 is 3.16 bits per heavy atom. The minimum Gasteiger partial charge on any atom is -0.347 e. The lowest BCUT2D eigenvalue weighted by Crippen LogP contribution is -2.27. The van der Waals surface area contributed by atoms with E-state index in [4.69, 9.17) is 0 Å². The van der Waals surface area contributed by atoms with Gasteiger partial charge in [-0.1, -0.05) is 6.07 Å². The number of nitrogens with zero attached hydrogens (tertiary/aromatic N) is 3. The Balaban J connectivity index is 1.84. The standard InChI is InChI=1S/C13H13N5O/c1-9(12-14-5-6-15-12)17-13(19)10-8-16-18-7-3-2-4-11(10)18/h2-9H,1H3,(H,14,15)(H,17,19). The molecule has 3 heterocycles. The van der Waals surface area contributed by atoms with Gasteiger partial charge in [-0.15, -0.1) is 0 Å². The third-order valence-corrected chi connectivity index (χ3v) is 2.95. The van der Waals surface area contributed by atoms with Crippen LogP contribution in [-0.2, 0) is 0 Å². The monoisotopic (exact) mass is 255 g/mol. The fourth-order valence-electron chi connectivity index (χ4n) is 1.97. The summed E-state index contributed by atoms with van der Waals surface area (Å²) in [5.74, 6) is 0.565. The van der Waals surface area contributed by atoms with E-state index >= 15 is 0 Å². The van der Waals surface area contributed by atoms with Gasteiger partial charge in [0.15, 0.2) is 0 Å². The fourth-order valence-corrected chi connectivity index (χ4v) is 1.97. The first-order chi connectivity index (χ1) is 9.25. The van der Waals surface area contributed by atoms with Gasteiger partial charge in [-0.25, -0.2) is 9.50 Å². The van der Waals surface area contributed by atoms with Crippen LogP contribution in [0.3, 0.4) is 0 Å². The van der Waals surface area contributed by atoms with E-state index < -0.39 is 0 Å². The van der Waals surface area contributed by atoms with Gasteiger partial charge in [0.25, 0.3) is 5.91 Å².